The highest BCUT2D eigenvalue weighted by Crippen LogP contribution is 2.24. The van der Waals surface area contributed by atoms with E-state index in [4.69, 9.17) is 22.5 Å². The molecule has 0 aliphatic heterocycles. The standard InChI is InChI=1S/C9H12ClN3O3S/c10-7-5-6(17(12,15)16)1-2-8(7)13-9(14)3-4-11/h1-2,5H,3-4,11H2,(H,13,14)(H2,12,15,16). The number of hydrogen-bond donors (Lipinski definition) is 3. The maximum atomic E-state index is 11.3. The normalized spacial score (nSPS) is 11.2. The van der Waals surface area contributed by atoms with Gasteiger partial charge in [0.2, 0.25) is 15.9 Å². The van der Waals surface area contributed by atoms with E-state index < -0.39 is 10.0 Å². The molecule has 1 aromatic carbocycles. The van der Waals surface area contributed by atoms with Crippen LogP contribution in [0.2, 0.25) is 5.02 Å². The highest BCUT2D eigenvalue weighted by molar-refractivity contribution is 7.89. The fraction of sp³-hybridized carbons (Fsp3) is 0.222. The molecule has 0 saturated carbocycles. The summed E-state index contributed by atoms with van der Waals surface area (Å²) in [5, 5.41) is 7.54. The quantitative estimate of drug-likeness (QED) is 0.733. The molecule has 0 bridgehead atoms. The van der Waals surface area contributed by atoms with E-state index >= 15 is 0 Å². The van der Waals surface area contributed by atoms with Gasteiger partial charge in [-0.3, -0.25) is 4.79 Å². The highest BCUT2D eigenvalue weighted by Gasteiger charge is 2.11. The second-order valence-electron chi connectivity index (χ2n) is 3.27. The lowest BCUT2D eigenvalue weighted by Gasteiger charge is -2.07. The third-order valence-electron chi connectivity index (χ3n) is 1.91. The lowest BCUT2D eigenvalue weighted by Crippen LogP contribution is -2.17. The van der Waals surface area contributed by atoms with Crippen LogP contribution in [0.1, 0.15) is 6.42 Å². The van der Waals surface area contributed by atoms with E-state index in [2.05, 4.69) is 5.32 Å². The molecule has 0 heterocycles. The van der Waals surface area contributed by atoms with Gasteiger partial charge in [-0.05, 0) is 18.2 Å². The van der Waals surface area contributed by atoms with Crippen molar-refractivity contribution in [2.75, 3.05) is 11.9 Å². The van der Waals surface area contributed by atoms with Crippen LogP contribution in [0.15, 0.2) is 23.1 Å². The van der Waals surface area contributed by atoms with E-state index in [1.807, 2.05) is 0 Å². The van der Waals surface area contributed by atoms with Gasteiger partial charge in [0.05, 0.1) is 15.6 Å². The van der Waals surface area contributed by atoms with Gasteiger partial charge in [0.15, 0.2) is 0 Å². The fourth-order valence-electron chi connectivity index (χ4n) is 1.12. The molecule has 0 unspecified atom stereocenters. The number of sulfonamides is 1. The number of nitrogens with two attached hydrogens (primary N) is 2. The predicted octanol–water partition coefficient (Wildman–Crippen LogP) is 0.275. The molecule has 0 fully saturated rings. The summed E-state index contributed by atoms with van der Waals surface area (Å²) in [6, 6.07) is 3.81. The Morgan fingerprint density at radius 1 is 1.41 bits per heavy atom. The van der Waals surface area contributed by atoms with Crippen LogP contribution in [0, 0.1) is 0 Å². The molecular formula is C9H12ClN3O3S. The summed E-state index contributed by atoms with van der Waals surface area (Å²) in [5.41, 5.74) is 5.53. The molecular weight excluding hydrogens is 266 g/mol. The summed E-state index contributed by atoms with van der Waals surface area (Å²) in [6.45, 7) is 0.221. The number of carbonyl (C=O) groups is 1. The van der Waals surface area contributed by atoms with Gasteiger partial charge in [0.1, 0.15) is 0 Å². The van der Waals surface area contributed by atoms with E-state index in [0.717, 1.165) is 0 Å². The first-order valence-corrected chi connectivity index (χ1v) is 6.59. The number of halogens is 1. The molecule has 1 rings (SSSR count). The molecule has 1 amide bonds. The summed E-state index contributed by atoms with van der Waals surface area (Å²) in [5.74, 6) is -0.294. The van der Waals surface area contributed by atoms with E-state index in [1.54, 1.807) is 0 Å². The van der Waals surface area contributed by atoms with Crippen molar-refractivity contribution < 1.29 is 13.2 Å². The Morgan fingerprint density at radius 2 is 2.06 bits per heavy atom. The second-order valence-corrected chi connectivity index (χ2v) is 5.24. The average molecular weight is 278 g/mol. The Kier molecular flexibility index (Phi) is 4.47. The lowest BCUT2D eigenvalue weighted by atomic mass is 10.3. The topological polar surface area (TPSA) is 115 Å². The second kappa shape index (κ2) is 5.46. The number of nitrogens with one attached hydrogen (secondary N) is 1. The van der Waals surface area contributed by atoms with Crippen molar-refractivity contribution in [3.05, 3.63) is 23.2 Å². The predicted molar refractivity (Wildman–Crippen MR) is 65.1 cm³/mol. The van der Waals surface area contributed by atoms with Crippen LogP contribution >= 0.6 is 11.6 Å². The number of hydrogen-bond acceptors (Lipinski definition) is 4. The minimum Gasteiger partial charge on any atom is -0.330 e. The van der Waals surface area contributed by atoms with Gasteiger partial charge in [-0.15, -0.1) is 0 Å². The first kappa shape index (κ1) is 13.9. The van der Waals surface area contributed by atoms with Gasteiger partial charge in [0, 0.05) is 13.0 Å². The van der Waals surface area contributed by atoms with Crippen LogP contribution in [0.3, 0.4) is 0 Å². The molecule has 6 nitrogen and oxygen atoms in total. The molecule has 0 spiro atoms. The monoisotopic (exact) mass is 277 g/mol. The maximum absolute atomic E-state index is 11.3. The summed E-state index contributed by atoms with van der Waals surface area (Å²) in [4.78, 5) is 11.1. The lowest BCUT2D eigenvalue weighted by molar-refractivity contribution is -0.116. The van der Waals surface area contributed by atoms with Gasteiger partial charge < -0.3 is 11.1 Å². The largest absolute Gasteiger partial charge is 0.330 e. The number of rotatable bonds is 4. The zero-order valence-corrected chi connectivity index (χ0v) is 10.4. The Bertz CT molecular complexity index is 530. The molecule has 0 aliphatic carbocycles. The molecule has 17 heavy (non-hydrogen) atoms. The van der Waals surface area contributed by atoms with Crippen molar-refractivity contribution in [2.24, 2.45) is 10.9 Å². The number of amides is 1. The van der Waals surface area contributed by atoms with Gasteiger partial charge in [-0.1, -0.05) is 11.6 Å². The first-order chi connectivity index (χ1) is 7.84. The SMILES string of the molecule is NCCC(=O)Nc1ccc(S(N)(=O)=O)cc1Cl. The number of benzene rings is 1. The van der Waals surface area contributed by atoms with Crippen LogP contribution in [-0.2, 0) is 14.8 Å². The van der Waals surface area contributed by atoms with Gasteiger partial charge in [-0.2, -0.15) is 0 Å². The van der Waals surface area contributed by atoms with Crippen molar-refractivity contribution in [1.82, 2.24) is 0 Å². The summed E-state index contributed by atoms with van der Waals surface area (Å²) in [7, 11) is -3.80. The van der Waals surface area contributed by atoms with Crippen LogP contribution in [0.5, 0.6) is 0 Å². The van der Waals surface area contributed by atoms with Crippen LogP contribution in [-0.4, -0.2) is 20.9 Å². The number of anilines is 1. The van der Waals surface area contributed by atoms with Gasteiger partial charge >= 0.3 is 0 Å². The smallest absolute Gasteiger partial charge is 0.238 e. The van der Waals surface area contributed by atoms with Gasteiger partial charge in [0.25, 0.3) is 0 Å². The maximum Gasteiger partial charge on any atom is 0.238 e. The molecule has 0 aromatic heterocycles. The Morgan fingerprint density at radius 3 is 2.53 bits per heavy atom. The zero-order chi connectivity index (χ0) is 13.1. The highest BCUT2D eigenvalue weighted by atomic mass is 35.5. The van der Waals surface area contributed by atoms with Crippen LogP contribution in [0.4, 0.5) is 5.69 Å². The Labute approximate surface area is 104 Å². The van der Waals surface area contributed by atoms with Crippen molar-refractivity contribution in [2.45, 2.75) is 11.3 Å². The molecule has 0 radical (unpaired) electrons. The van der Waals surface area contributed by atoms with Crippen molar-refractivity contribution >= 4 is 33.2 Å². The molecule has 0 aliphatic rings. The minimum atomic E-state index is -3.80. The third kappa shape index (κ3) is 3.97. The summed E-state index contributed by atoms with van der Waals surface area (Å²) >= 11 is 5.81. The third-order valence-corrected chi connectivity index (χ3v) is 3.14. The molecule has 0 saturated heterocycles. The average Bonchev–Trinajstić information content (AvgIpc) is 2.20. The molecule has 94 valence electrons. The molecule has 8 heteroatoms. The van der Waals surface area contributed by atoms with E-state index in [-0.39, 0.29) is 28.8 Å². The Hall–Kier alpha value is -1.15. The molecule has 0 atom stereocenters. The number of primary sulfonamides is 1. The minimum absolute atomic E-state index is 0.0990. The first-order valence-electron chi connectivity index (χ1n) is 4.67. The fourth-order valence-corrected chi connectivity index (χ4v) is 1.95. The van der Waals surface area contributed by atoms with Gasteiger partial charge in [-0.25, -0.2) is 13.6 Å². The Balaban J connectivity index is 2.95. The van der Waals surface area contributed by atoms with E-state index in [1.165, 1.54) is 18.2 Å². The van der Waals surface area contributed by atoms with Crippen molar-refractivity contribution in [3.8, 4) is 0 Å². The van der Waals surface area contributed by atoms with E-state index in [0.29, 0.717) is 5.69 Å². The van der Waals surface area contributed by atoms with Crippen LogP contribution in [0.25, 0.3) is 0 Å². The molecule has 1 aromatic rings. The van der Waals surface area contributed by atoms with Crippen LogP contribution < -0.4 is 16.2 Å². The summed E-state index contributed by atoms with van der Waals surface area (Å²) < 4.78 is 22.1. The zero-order valence-electron chi connectivity index (χ0n) is 8.81. The number of carbonyl (C=O) groups excluding carboxylic acids is 1. The summed E-state index contributed by atoms with van der Waals surface area (Å²) in [6.07, 6.45) is 0.160. The van der Waals surface area contributed by atoms with E-state index in [9.17, 15) is 13.2 Å². The van der Waals surface area contributed by atoms with Crippen molar-refractivity contribution in [3.63, 3.8) is 0 Å². The molecule has 5 N–H and O–H groups in total. The van der Waals surface area contributed by atoms with Crippen molar-refractivity contribution in [1.29, 1.82) is 0 Å².